The van der Waals surface area contributed by atoms with Crippen LogP contribution in [-0.2, 0) is 22.0 Å². The molecule has 230 valence electrons. The molecule has 0 aliphatic heterocycles. The highest BCUT2D eigenvalue weighted by Crippen LogP contribution is 2.48. The number of hydrogen-bond donors (Lipinski definition) is 2. The zero-order valence-corrected chi connectivity index (χ0v) is 29.3. The Hall–Kier alpha value is -2.23. The molecular weight excluding hydrogens is 602 g/mol. The van der Waals surface area contributed by atoms with Crippen molar-refractivity contribution in [1.82, 2.24) is 5.32 Å². The molecule has 0 saturated heterocycles. The van der Waals surface area contributed by atoms with Gasteiger partial charge in [0.1, 0.15) is 11.4 Å². The predicted molar refractivity (Wildman–Crippen MR) is 172 cm³/mol. The minimum Gasteiger partial charge on any atom is -0.508 e. The van der Waals surface area contributed by atoms with Crippen LogP contribution in [0.4, 0.5) is 4.79 Å². The Morgan fingerprint density at radius 3 is 2.00 bits per heavy atom. The second-order valence-corrected chi connectivity index (χ2v) is 18.7. The van der Waals surface area contributed by atoms with Gasteiger partial charge in [-0.2, -0.15) is 0 Å². The zero-order valence-electron chi connectivity index (χ0n) is 26.7. The van der Waals surface area contributed by atoms with Gasteiger partial charge in [-0.1, -0.05) is 63.5 Å². The average molecular weight is 653 g/mol. The number of phenols is 1. The van der Waals surface area contributed by atoms with Crippen LogP contribution in [0.2, 0.25) is 16.6 Å². The van der Waals surface area contributed by atoms with E-state index in [1.165, 1.54) is 0 Å². The monoisotopic (exact) mass is 651 g/mol. The van der Waals surface area contributed by atoms with Gasteiger partial charge in [0.25, 0.3) is 0 Å². The molecule has 1 unspecified atom stereocenters. The Morgan fingerprint density at radius 1 is 0.927 bits per heavy atom. The number of rotatable bonds is 13. The normalized spacial score (nSPS) is 13.0. The third-order valence-electron chi connectivity index (χ3n) is 7.56. The third-order valence-corrected chi connectivity index (χ3v) is 14.4. The van der Waals surface area contributed by atoms with E-state index in [0.29, 0.717) is 47.5 Å². The van der Waals surface area contributed by atoms with Crippen molar-refractivity contribution in [3.05, 3.63) is 51.5 Å². The van der Waals surface area contributed by atoms with Crippen LogP contribution in [0.5, 0.6) is 17.2 Å². The smallest absolute Gasteiger partial charge is 0.407 e. The summed E-state index contributed by atoms with van der Waals surface area (Å²) in [7, 11) is 0.929. The first kappa shape index (κ1) is 35.0. The first-order valence-electron chi connectivity index (χ1n) is 14.4. The number of halogens is 1. The minimum atomic E-state index is -2.32. The van der Waals surface area contributed by atoms with Gasteiger partial charge >= 0.3 is 6.09 Å². The number of ether oxygens (including phenoxy) is 3. The molecule has 2 N–H and O–H groups in total. The second kappa shape index (κ2) is 14.8. The number of alkyl carbamates (subject to hydrolysis) is 1. The van der Waals surface area contributed by atoms with Gasteiger partial charge in [0.15, 0.2) is 11.5 Å². The van der Waals surface area contributed by atoms with Crippen LogP contribution in [0, 0.1) is 0 Å². The maximum Gasteiger partial charge on any atom is 0.407 e. The average Bonchev–Trinajstić information content (AvgIpc) is 2.85. The lowest BCUT2D eigenvalue weighted by atomic mass is 9.95. The number of methoxy groups -OCH3 is 2. The quantitative estimate of drug-likeness (QED) is 0.211. The summed E-state index contributed by atoms with van der Waals surface area (Å²) in [4.78, 5) is 12.2. The Bertz CT molecular complexity index is 1140. The molecule has 2 aromatic carbocycles. The van der Waals surface area contributed by atoms with Crippen molar-refractivity contribution in [3.8, 4) is 17.2 Å². The van der Waals surface area contributed by atoms with E-state index >= 15 is 0 Å². The van der Waals surface area contributed by atoms with Crippen LogP contribution in [0.1, 0.15) is 85.1 Å². The number of amides is 1. The Balaban J connectivity index is 2.57. The molecule has 7 nitrogen and oxygen atoms in total. The van der Waals surface area contributed by atoms with Gasteiger partial charge in [-0.15, -0.1) is 0 Å². The van der Waals surface area contributed by atoms with Crippen LogP contribution in [0.15, 0.2) is 34.8 Å². The molecule has 41 heavy (non-hydrogen) atoms. The summed E-state index contributed by atoms with van der Waals surface area (Å²) in [5.74, 6) is 1.45. The Kier molecular flexibility index (Phi) is 12.6. The highest BCUT2D eigenvalue weighted by molar-refractivity contribution is 9.10. The fourth-order valence-electron chi connectivity index (χ4n) is 5.85. The molecular formula is C32H50BrNO6Si. The molecule has 0 saturated carbocycles. The van der Waals surface area contributed by atoms with Crippen molar-refractivity contribution in [2.75, 3.05) is 20.8 Å². The van der Waals surface area contributed by atoms with E-state index in [1.54, 1.807) is 26.4 Å². The first-order chi connectivity index (χ1) is 19.0. The van der Waals surface area contributed by atoms with Gasteiger partial charge in [0.05, 0.1) is 20.3 Å². The number of phenolic OH excluding ortho intramolecular Hbond substituents is 1. The van der Waals surface area contributed by atoms with Crippen molar-refractivity contribution in [1.29, 1.82) is 0 Å². The van der Waals surface area contributed by atoms with Crippen molar-refractivity contribution in [2.24, 2.45) is 0 Å². The number of nitrogens with one attached hydrogen (secondary N) is 1. The van der Waals surface area contributed by atoms with Crippen LogP contribution >= 0.6 is 15.9 Å². The van der Waals surface area contributed by atoms with E-state index in [1.807, 2.05) is 39.0 Å². The predicted octanol–water partition coefficient (Wildman–Crippen LogP) is 8.72. The van der Waals surface area contributed by atoms with E-state index in [9.17, 15) is 9.90 Å². The molecule has 1 atom stereocenters. The first-order valence-corrected chi connectivity index (χ1v) is 17.4. The molecule has 0 aromatic heterocycles. The summed E-state index contributed by atoms with van der Waals surface area (Å²) in [5.41, 5.74) is 3.52. The summed E-state index contributed by atoms with van der Waals surface area (Å²) < 4.78 is 24.9. The standard InChI is InChI=1S/C32H50BrNO6Si/c1-20(2)41(21(3)4,22(5)6)40-28(26-18-29(37-10)30(38-11)19-27(26)33)17-24-16-25(35)13-12-23(24)14-15-34-31(36)39-32(7,8)9/h12-13,16,18-22,28,35H,14-15,17H2,1-11H3,(H,34,36). The van der Waals surface area contributed by atoms with E-state index in [4.69, 9.17) is 18.6 Å². The van der Waals surface area contributed by atoms with Crippen LogP contribution in [-0.4, -0.2) is 45.9 Å². The summed E-state index contributed by atoms with van der Waals surface area (Å²) in [6.45, 7) is 19.6. The maximum atomic E-state index is 12.2. The van der Waals surface area contributed by atoms with Crippen molar-refractivity contribution in [3.63, 3.8) is 0 Å². The maximum absolute atomic E-state index is 12.2. The molecule has 0 heterocycles. The van der Waals surface area contributed by atoms with E-state index in [-0.39, 0.29) is 11.9 Å². The second-order valence-electron chi connectivity index (χ2n) is 12.5. The Morgan fingerprint density at radius 2 is 1.49 bits per heavy atom. The zero-order chi connectivity index (χ0) is 31.1. The molecule has 1 amide bonds. The van der Waals surface area contributed by atoms with Gasteiger partial charge < -0.3 is 29.1 Å². The topological polar surface area (TPSA) is 86.3 Å². The fraction of sp³-hybridized carbons (Fsp3) is 0.594. The van der Waals surface area contributed by atoms with E-state index in [0.717, 1.165) is 21.2 Å². The van der Waals surface area contributed by atoms with Gasteiger partial charge in [-0.3, -0.25) is 0 Å². The minimum absolute atomic E-state index is 0.189. The molecule has 0 radical (unpaired) electrons. The molecule has 9 heteroatoms. The summed E-state index contributed by atoms with van der Waals surface area (Å²) in [5, 5.41) is 13.3. The number of carbonyl (C=O) groups excluding carboxylic acids is 1. The van der Waals surface area contributed by atoms with E-state index < -0.39 is 20.0 Å². The largest absolute Gasteiger partial charge is 0.508 e. The lowest BCUT2D eigenvalue weighted by molar-refractivity contribution is 0.0528. The van der Waals surface area contributed by atoms with Gasteiger partial charge in [-0.25, -0.2) is 4.79 Å². The summed E-state index contributed by atoms with van der Waals surface area (Å²) in [6, 6.07) is 9.31. The van der Waals surface area contributed by atoms with Crippen molar-refractivity contribution < 1.29 is 28.5 Å². The lowest BCUT2D eigenvalue weighted by Gasteiger charge is -2.45. The number of aromatic hydroxyl groups is 1. The highest BCUT2D eigenvalue weighted by Gasteiger charge is 2.47. The SMILES string of the molecule is COc1cc(Br)c(C(Cc2cc(O)ccc2CCNC(=O)OC(C)(C)C)O[Si](C(C)C)(C(C)C)C(C)C)cc1OC. The van der Waals surface area contributed by atoms with Crippen molar-refractivity contribution >= 4 is 30.3 Å². The highest BCUT2D eigenvalue weighted by atomic mass is 79.9. The van der Waals surface area contributed by atoms with Crippen LogP contribution in [0.25, 0.3) is 0 Å². The number of carbonyl (C=O) groups is 1. The Labute approximate surface area is 256 Å². The third kappa shape index (κ3) is 9.12. The summed E-state index contributed by atoms with van der Waals surface area (Å²) >= 11 is 3.79. The molecule has 2 aromatic rings. The molecule has 0 fully saturated rings. The fourth-order valence-corrected chi connectivity index (χ4v) is 11.9. The van der Waals surface area contributed by atoms with Gasteiger partial charge in [0, 0.05) is 17.4 Å². The summed E-state index contributed by atoms with van der Waals surface area (Å²) in [6.07, 6.45) is 0.346. The molecule has 0 aliphatic rings. The molecule has 0 bridgehead atoms. The molecule has 0 aliphatic carbocycles. The van der Waals surface area contributed by atoms with Crippen molar-refractivity contribution in [2.45, 2.75) is 103 Å². The lowest BCUT2D eigenvalue weighted by Crippen LogP contribution is -2.48. The number of hydrogen-bond acceptors (Lipinski definition) is 6. The molecule has 0 spiro atoms. The van der Waals surface area contributed by atoms with Gasteiger partial charge in [0.2, 0.25) is 8.32 Å². The van der Waals surface area contributed by atoms with Crippen LogP contribution < -0.4 is 14.8 Å². The molecule has 2 rings (SSSR count). The number of benzene rings is 2. The van der Waals surface area contributed by atoms with Gasteiger partial charge in [-0.05, 0) is 84.8 Å². The van der Waals surface area contributed by atoms with E-state index in [2.05, 4.69) is 62.8 Å². The van der Waals surface area contributed by atoms with Crippen LogP contribution in [0.3, 0.4) is 0 Å².